The highest BCUT2D eigenvalue weighted by Crippen LogP contribution is 2.32. The van der Waals surface area contributed by atoms with E-state index in [1.165, 1.54) is 42.5 Å². The summed E-state index contributed by atoms with van der Waals surface area (Å²) in [6, 6.07) is 14.7. The fourth-order valence-corrected chi connectivity index (χ4v) is 4.82. The van der Waals surface area contributed by atoms with Gasteiger partial charge in [-0.05, 0) is 61.5 Å². The molecule has 0 spiro atoms. The first-order chi connectivity index (χ1) is 16.8. The van der Waals surface area contributed by atoms with Crippen molar-refractivity contribution in [2.24, 2.45) is 0 Å². The molecule has 3 aromatic carbocycles. The van der Waals surface area contributed by atoms with Gasteiger partial charge in [-0.2, -0.15) is 0 Å². The largest absolute Gasteiger partial charge is 0.490 e. The molecule has 180 valence electrons. The highest BCUT2D eigenvalue weighted by Gasteiger charge is 2.20. The predicted molar refractivity (Wildman–Crippen MR) is 128 cm³/mol. The van der Waals surface area contributed by atoms with E-state index in [1.807, 2.05) is 0 Å². The van der Waals surface area contributed by atoms with Crippen molar-refractivity contribution in [3.8, 4) is 11.5 Å². The number of rotatable bonds is 5. The van der Waals surface area contributed by atoms with Crippen molar-refractivity contribution < 1.29 is 31.5 Å². The molecular weight excluding hydrogens is 475 g/mol. The molecule has 1 aromatic heterocycles. The summed E-state index contributed by atoms with van der Waals surface area (Å²) in [6.07, 6.45) is 0.715. The lowest BCUT2D eigenvalue weighted by Crippen LogP contribution is -2.14. The molecule has 1 amide bonds. The van der Waals surface area contributed by atoms with Gasteiger partial charge in [0.25, 0.3) is 15.9 Å². The van der Waals surface area contributed by atoms with E-state index in [0.717, 1.165) is 0 Å². The Balaban J connectivity index is 1.30. The number of sulfonamides is 1. The molecule has 0 bridgehead atoms. The fraction of sp³-hybridized carbons (Fsp3) is 0.160. The van der Waals surface area contributed by atoms with Crippen LogP contribution < -0.4 is 19.5 Å². The van der Waals surface area contributed by atoms with Gasteiger partial charge in [-0.1, -0.05) is 0 Å². The van der Waals surface area contributed by atoms with Crippen LogP contribution in [-0.2, 0) is 10.0 Å². The number of hydrogen-bond donors (Lipinski definition) is 2. The van der Waals surface area contributed by atoms with E-state index >= 15 is 0 Å². The van der Waals surface area contributed by atoms with Gasteiger partial charge in [0.1, 0.15) is 11.4 Å². The third-order valence-corrected chi connectivity index (χ3v) is 6.91. The molecule has 0 unspecified atom stereocenters. The number of aryl methyl sites for hydroxylation is 1. The highest BCUT2D eigenvalue weighted by atomic mass is 32.2. The zero-order valence-corrected chi connectivity index (χ0v) is 19.4. The van der Waals surface area contributed by atoms with E-state index in [9.17, 15) is 17.6 Å². The number of furan rings is 1. The topological polar surface area (TPSA) is 107 Å². The van der Waals surface area contributed by atoms with E-state index in [-0.39, 0.29) is 10.7 Å². The molecule has 4 aromatic rings. The van der Waals surface area contributed by atoms with Gasteiger partial charge in [-0.3, -0.25) is 9.52 Å². The molecule has 0 atom stereocenters. The van der Waals surface area contributed by atoms with Crippen molar-refractivity contribution >= 4 is 38.3 Å². The maximum absolute atomic E-state index is 13.5. The van der Waals surface area contributed by atoms with Crippen molar-refractivity contribution in [1.29, 1.82) is 0 Å². The quantitative estimate of drug-likeness (QED) is 0.398. The Bertz CT molecular complexity index is 1530. The van der Waals surface area contributed by atoms with Crippen LogP contribution in [0, 0.1) is 12.7 Å². The Morgan fingerprint density at radius 3 is 2.40 bits per heavy atom. The van der Waals surface area contributed by atoms with E-state index in [1.54, 1.807) is 25.1 Å². The number of ether oxygens (including phenoxy) is 2. The van der Waals surface area contributed by atoms with Crippen LogP contribution >= 0.6 is 0 Å². The molecule has 2 heterocycles. The van der Waals surface area contributed by atoms with Crippen molar-refractivity contribution in [3.63, 3.8) is 0 Å². The summed E-state index contributed by atoms with van der Waals surface area (Å²) < 4.78 is 58.4. The normalized spacial score (nSPS) is 13.3. The average molecular weight is 497 g/mol. The SMILES string of the molecule is Cc1c(C(=O)Nc2ccc(NS(=O)(=O)c3ccc4c(c3)OCCCO4)cc2)oc2ccc(F)cc12. The lowest BCUT2D eigenvalue weighted by atomic mass is 10.1. The number of fused-ring (bicyclic) bond motifs is 2. The Hall–Kier alpha value is -4.05. The number of anilines is 2. The lowest BCUT2D eigenvalue weighted by Gasteiger charge is -2.12. The van der Waals surface area contributed by atoms with E-state index in [0.29, 0.717) is 59.0 Å². The summed E-state index contributed by atoms with van der Waals surface area (Å²) in [6.45, 7) is 2.63. The minimum Gasteiger partial charge on any atom is -0.490 e. The standard InChI is InChI=1S/C25H21FN2O6S/c1-15-20-13-16(26)3-9-21(20)34-24(15)25(29)27-17-4-6-18(7-5-17)28-35(30,31)19-8-10-22-23(14-19)33-12-2-11-32-22/h3-10,13-14,28H,2,11-12H2,1H3,(H,27,29). The number of nitrogens with one attached hydrogen (secondary N) is 2. The summed E-state index contributed by atoms with van der Waals surface area (Å²) in [7, 11) is -3.88. The van der Waals surface area contributed by atoms with Crippen LogP contribution in [0.4, 0.5) is 15.8 Å². The zero-order valence-electron chi connectivity index (χ0n) is 18.6. The molecule has 0 radical (unpaired) electrons. The summed E-state index contributed by atoms with van der Waals surface area (Å²) in [5, 5.41) is 3.23. The predicted octanol–water partition coefficient (Wildman–Crippen LogP) is 5.09. The molecule has 1 aliphatic rings. The van der Waals surface area contributed by atoms with Gasteiger partial charge in [-0.25, -0.2) is 12.8 Å². The maximum Gasteiger partial charge on any atom is 0.291 e. The van der Waals surface area contributed by atoms with Crippen LogP contribution in [0.3, 0.4) is 0 Å². The number of carbonyl (C=O) groups excluding carboxylic acids is 1. The fourth-order valence-electron chi connectivity index (χ4n) is 3.74. The molecule has 35 heavy (non-hydrogen) atoms. The van der Waals surface area contributed by atoms with Crippen molar-refractivity contribution in [2.75, 3.05) is 23.3 Å². The maximum atomic E-state index is 13.5. The van der Waals surface area contributed by atoms with Crippen molar-refractivity contribution in [2.45, 2.75) is 18.2 Å². The van der Waals surface area contributed by atoms with Crippen molar-refractivity contribution in [1.82, 2.24) is 0 Å². The number of carbonyl (C=O) groups is 1. The average Bonchev–Trinajstić information content (AvgIpc) is 3.00. The zero-order chi connectivity index (χ0) is 24.6. The van der Waals surface area contributed by atoms with Crippen molar-refractivity contribution in [3.05, 3.63) is 77.8 Å². The molecule has 0 fully saturated rings. The Kier molecular flexibility index (Phi) is 5.81. The molecule has 2 N–H and O–H groups in total. The monoisotopic (exact) mass is 496 g/mol. The van der Waals surface area contributed by atoms with Gasteiger partial charge < -0.3 is 19.2 Å². The number of halogens is 1. The Morgan fingerprint density at radius 2 is 1.63 bits per heavy atom. The number of benzene rings is 3. The second kappa shape index (κ2) is 8.95. The summed E-state index contributed by atoms with van der Waals surface area (Å²) in [5.41, 5.74) is 1.68. The van der Waals surface area contributed by atoms with Gasteiger partial charge in [0.2, 0.25) is 0 Å². The van der Waals surface area contributed by atoms with Crippen LogP contribution in [0.1, 0.15) is 22.5 Å². The summed E-state index contributed by atoms with van der Waals surface area (Å²) >= 11 is 0. The number of hydrogen-bond acceptors (Lipinski definition) is 6. The van der Waals surface area contributed by atoms with Crippen LogP contribution in [0.2, 0.25) is 0 Å². The molecular formula is C25H21FN2O6S. The third kappa shape index (κ3) is 4.65. The lowest BCUT2D eigenvalue weighted by molar-refractivity contribution is 0.0998. The van der Waals surface area contributed by atoms with Gasteiger partial charge in [0.05, 0.1) is 18.1 Å². The molecule has 0 saturated carbocycles. The third-order valence-electron chi connectivity index (χ3n) is 5.53. The van der Waals surface area contributed by atoms with E-state index in [2.05, 4.69) is 10.0 Å². The second-order valence-corrected chi connectivity index (χ2v) is 9.68. The molecule has 5 rings (SSSR count). The summed E-state index contributed by atoms with van der Waals surface area (Å²) in [4.78, 5) is 12.7. The molecule has 0 aliphatic carbocycles. The van der Waals surface area contributed by atoms with Crippen LogP contribution in [0.5, 0.6) is 11.5 Å². The van der Waals surface area contributed by atoms with E-state index in [4.69, 9.17) is 13.9 Å². The van der Waals surface area contributed by atoms with Crippen LogP contribution in [-0.4, -0.2) is 27.5 Å². The highest BCUT2D eigenvalue weighted by molar-refractivity contribution is 7.92. The molecule has 8 nitrogen and oxygen atoms in total. The first-order valence-corrected chi connectivity index (χ1v) is 12.3. The van der Waals surface area contributed by atoms with Crippen LogP contribution in [0.25, 0.3) is 11.0 Å². The molecule has 0 saturated heterocycles. The Labute approximate surface area is 200 Å². The van der Waals surface area contributed by atoms with Gasteiger partial charge >= 0.3 is 0 Å². The molecule has 10 heteroatoms. The summed E-state index contributed by atoms with van der Waals surface area (Å²) in [5.74, 6) is 0.0426. The van der Waals surface area contributed by atoms with Gasteiger partial charge in [0.15, 0.2) is 17.3 Å². The first-order valence-electron chi connectivity index (χ1n) is 10.8. The second-order valence-electron chi connectivity index (χ2n) is 7.99. The van der Waals surface area contributed by atoms with Gasteiger partial charge in [-0.15, -0.1) is 0 Å². The Morgan fingerprint density at radius 1 is 0.914 bits per heavy atom. The minimum absolute atomic E-state index is 0.0379. The van der Waals surface area contributed by atoms with Gasteiger partial charge in [0, 0.05) is 34.8 Å². The molecule has 1 aliphatic heterocycles. The van der Waals surface area contributed by atoms with Crippen LogP contribution in [0.15, 0.2) is 70.0 Å². The minimum atomic E-state index is -3.88. The smallest absolute Gasteiger partial charge is 0.291 e. The first kappa shape index (κ1) is 22.7. The number of amides is 1. The van der Waals surface area contributed by atoms with E-state index < -0.39 is 21.7 Å².